The van der Waals surface area contributed by atoms with Gasteiger partial charge in [-0.05, 0) is 0 Å². The van der Waals surface area contributed by atoms with Gasteiger partial charge in [-0.2, -0.15) is 0 Å². The average molecular weight is 329 g/mol. The van der Waals surface area contributed by atoms with Gasteiger partial charge in [0.05, 0.1) is 6.33 Å². The molecule has 1 unspecified atom stereocenters. The number of carbonyl (C=O) groups is 1. The number of hydrogen-bond acceptors (Lipinski definition) is 9. The van der Waals surface area contributed by atoms with Gasteiger partial charge in [-0.25, -0.2) is 19.2 Å². The van der Waals surface area contributed by atoms with Crippen molar-refractivity contribution in [3.05, 3.63) is 12.7 Å². The normalized spacial score (nSPS) is 29.8. The van der Waals surface area contributed by atoms with Crippen LogP contribution in [-0.4, -0.2) is 61.9 Å². The number of hydrogen-bond donors (Lipinski definition) is 4. The molecular weight excluding hydrogens is 318 g/mol. The lowest BCUT2D eigenvalue weighted by molar-refractivity contribution is -0.127. The second-order valence-electron chi connectivity index (χ2n) is 4.58. The minimum absolute atomic E-state index is 0.112. The predicted octanol–water partition coefficient (Wildman–Crippen LogP) is -2.22. The van der Waals surface area contributed by atoms with Crippen molar-refractivity contribution < 1.29 is 28.5 Å². The lowest BCUT2D eigenvalue weighted by Gasteiger charge is -2.16. The lowest BCUT2D eigenvalue weighted by atomic mass is 10.1. The van der Waals surface area contributed by atoms with E-state index in [-0.39, 0.29) is 17.0 Å². The molecule has 1 fully saturated rings. The zero-order valence-electron chi connectivity index (χ0n) is 10.8. The highest BCUT2D eigenvalue weighted by atomic mass is 32.2. The van der Waals surface area contributed by atoms with Gasteiger partial charge in [0, 0.05) is 0 Å². The van der Waals surface area contributed by atoms with Gasteiger partial charge in [0.25, 0.3) is 5.12 Å². The first-order valence-electron chi connectivity index (χ1n) is 6.01. The third-order valence-electron chi connectivity index (χ3n) is 3.30. The highest BCUT2D eigenvalue weighted by Crippen LogP contribution is 2.32. The van der Waals surface area contributed by atoms with Crippen LogP contribution in [0.3, 0.4) is 0 Å². The fourth-order valence-corrected chi connectivity index (χ4v) is 2.63. The van der Waals surface area contributed by atoms with Crippen LogP contribution in [0.2, 0.25) is 0 Å². The first-order chi connectivity index (χ1) is 10.4. The summed E-state index contributed by atoms with van der Waals surface area (Å²) >= 11 is -2.83. The maximum atomic E-state index is 11.5. The van der Waals surface area contributed by atoms with Gasteiger partial charge in [0.1, 0.15) is 24.1 Å². The fraction of sp³-hybridized carbons (Fsp3) is 0.400. The molecule has 5 atom stereocenters. The van der Waals surface area contributed by atoms with Crippen LogP contribution in [0.5, 0.6) is 0 Å². The highest BCUT2D eigenvalue weighted by molar-refractivity contribution is 7.95. The minimum Gasteiger partial charge on any atom is -0.387 e. The maximum absolute atomic E-state index is 11.5. The lowest BCUT2D eigenvalue weighted by Crippen LogP contribution is -2.37. The molecule has 0 bridgehead atoms. The Bertz CT molecular complexity index is 765. The molecule has 22 heavy (non-hydrogen) atoms. The van der Waals surface area contributed by atoms with E-state index in [4.69, 9.17) is 15.0 Å². The zero-order valence-corrected chi connectivity index (χ0v) is 11.6. The molecule has 12 heteroatoms. The summed E-state index contributed by atoms with van der Waals surface area (Å²) in [4.78, 5) is 23.2. The topological polar surface area (TPSA) is 174 Å². The second kappa shape index (κ2) is 5.33. The summed E-state index contributed by atoms with van der Waals surface area (Å²) in [5, 5.41) is 18.6. The average Bonchev–Trinajstić information content (AvgIpc) is 3.02. The smallest absolute Gasteiger partial charge is 0.277 e. The molecule has 2 aromatic heterocycles. The number of imidazole rings is 1. The van der Waals surface area contributed by atoms with Crippen molar-refractivity contribution in [1.29, 1.82) is 0 Å². The number of carbonyl (C=O) groups excluding carboxylic acids is 1. The number of nitrogen functional groups attached to an aromatic ring is 1. The van der Waals surface area contributed by atoms with Crippen molar-refractivity contribution in [2.45, 2.75) is 24.5 Å². The van der Waals surface area contributed by atoms with Crippen LogP contribution in [0.1, 0.15) is 6.23 Å². The summed E-state index contributed by atoms with van der Waals surface area (Å²) in [6.07, 6.45) is -3.61. The number of nitrogens with zero attached hydrogens (tertiary/aromatic N) is 4. The Balaban J connectivity index is 1.99. The second-order valence-corrected chi connectivity index (χ2v) is 5.48. The van der Waals surface area contributed by atoms with E-state index in [2.05, 4.69) is 15.0 Å². The highest BCUT2D eigenvalue weighted by Gasteiger charge is 2.49. The molecule has 3 heterocycles. The molecule has 1 saturated heterocycles. The monoisotopic (exact) mass is 329 g/mol. The van der Waals surface area contributed by atoms with Gasteiger partial charge in [-0.3, -0.25) is 13.9 Å². The molecule has 2 aromatic rings. The Morgan fingerprint density at radius 3 is 2.73 bits per heavy atom. The predicted molar refractivity (Wildman–Crippen MR) is 71.4 cm³/mol. The molecule has 3 rings (SSSR count). The third-order valence-corrected chi connectivity index (χ3v) is 3.88. The van der Waals surface area contributed by atoms with Crippen LogP contribution >= 0.6 is 0 Å². The minimum atomic E-state index is -2.83. The summed E-state index contributed by atoms with van der Waals surface area (Å²) < 4.78 is 26.1. The maximum Gasteiger partial charge on any atom is 0.277 e. The van der Waals surface area contributed by atoms with Crippen molar-refractivity contribution in [3.63, 3.8) is 0 Å². The van der Waals surface area contributed by atoms with Crippen molar-refractivity contribution in [2.75, 3.05) is 5.73 Å². The van der Waals surface area contributed by atoms with E-state index >= 15 is 0 Å². The van der Waals surface area contributed by atoms with E-state index in [0.29, 0.717) is 0 Å². The molecule has 0 radical (unpaired) electrons. The van der Waals surface area contributed by atoms with E-state index < -0.39 is 40.7 Å². The molecule has 1 aliphatic rings. The molecular formula is C10H11N5O6S. The molecule has 0 aromatic carbocycles. The van der Waals surface area contributed by atoms with Crippen molar-refractivity contribution in [1.82, 2.24) is 19.5 Å². The van der Waals surface area contributed by atoms with Crippen LogP contribution in [0, 0.1) is 0 Å². The van der Waals surface area contributed by atoms with Gasteiger partial charge >= 0.3 is 0 Å². The van der Waals surface area contributed by atoms with Crippen molar-refractivity contribution >= 4 is 33.2 Å². The number of nitrogens with two attached hydrogens (primary N) is 1. The molecule has 0 saturated carbocycles. The largest absolute Gasteiger partial charge is 0.387 e. The summed E-state index contributed by atoms with van der Waals surface area (Å²) in [7, 11) is 0. The van der Waals surface area contributed by atoms with Crippen LogP contribution in [0.4, 0.5) is 5.82 Å². The van der Waals surface area contributed by atoms with Crippen molar-refractivity contribution in [3.8, 4) is 0 Å². The molecule has 0 aliphatic carbocycles. The first-order valence-corrected chi connectivity index (χ1v) is 7.11. The Morgan fingerprint density at radius 1 is 1.32 bits per heavy atom. The van der Waals surface area contributed by atoms with Crippen LogP contribution in [-0.2, 0) is 20.6 Å². The standard InChI is InChI=1S/C10H11N5O6S/c11-7-3-8(13-1-12-7)15(2-14-3)9-5(17)4(16)6(21-9)10(18)22(19)20/h1-2,4-6,9,16-17H,(H,19,20)(H2,11,12,13)/t4-,5+,6-,9+/m0/s1. The number of aliphatic hydroxyl groups is 2. The van der Waals surface area contributed by atoms with E-state index in [0.717, 1.165) is 0 Å². The van der Waals surface area contributed by atoms with E-state index in [1.165, 1.54) is 17.2 Å². The van der Waals surface area contributed by atoms with Gasteiger partial charge in [-0.1, -0.05) is 0 Å². The van der Waals surface area contributed by atoms with Crippen LogP contribution < -0.4 is 5.73 Å². The number of anilines is 1. The van der Waals surface area contributed by atoms with Gasteiger partial charge in [0.2, 0.25) is 11.1 Å². The first kappa shape index (κ1) is 14.9. The fourth-order valence-electron chi connectivity index (χ4n) is 2.24. The number of rotatable bonds is 2. The SMILES string of the molecule is Nc1ncnc2c1ncn2[C@@H]1O[C@H](C(=O)S(=O)O)[C@@H](O)[C@H]1O. The number of ether oxygens (including phenoxy) is 1. The number of aliphatic hydroxyl groups excluding tert-OH is 2. The Hall–Kier alpha value is -1.99. The van der Waals surface area contributed by atoms with Crippen LogP contribution in [0.15, 0.2) is 12.7 Å². The summed E-state index contributed by atoms with van der Waals surface area (Å²) in [6, 6.07) is 0. The van der Waals surface area contributed by atoms with Crippen LogP contribution in [0.25, 0.3) is 11.2 Å². The molecule has 1 aliphatic heterocycles. The number of aromatic nitrogens is 4. The van der Waals surface area contributed by atoms with Gasteiger partial charge in [0.15, 0.2) is 23.8 Å². The van der Waals surface area contributed by atoms with Crippen molar-refractivity contribution in [2.24, 2.45) is 0 Å². The molecule has 5 N–H and O–H groups in total. The van der Waals surface area contributed by atoms with E-state index in [1.807, 2.05) is 0 Å². The summed E-state index contributed by atoms with van der Waals surface area (Å²) in [6.45, 7) is 0. The molecule has 118 valence electrons. The quantitative estimate of drug-likeness (QED) is 0.441. The van der Waals surface area contributed by atoms with E-state index in [1.54, 1.807) is 0 Å². The summed E-state index contributed by atoms with van der Waals surface area (Å²) in [5.41, 5.74) is 6.12. The van der Waals surface area contributed by atoms with Gasteiger partial charge in [-0.15, -0.1) is 0 Å². The molecule has 11 nitrogen and oxygen atoms in total. The Labute approximate surface area is 125 Å². The zero-order chi connectivity index (χ0) is 16.0. The third kappa shape index (κ3) is 2.17. The molecule has 0 spiro atoms. The van der Waals surface area contributed by atoms with E-state index in [9.17, 15) is 19.2 Å². The Morgan fingerprint density at radius 2 is 2.05 bits per heavy atom. The van der Waals surface area contributed by atoms with Gasteiger partial charge < -0.3 is 20.7 Å². The Kier molecular flexibility index (Phi) is 3.62. The molecule has 0 amide bonds. The number of fused-ring (bicyclic) bond motifs is 1. The summed E-state index contributed by atoms with van der Waals surface area (Å²) in [5.74, 6) is 0.112.